The highest BCUT2D eigenvalue weighted by Crippen LogP contribution is 2.23. The Morgan fingerprint density at radius 3 is 2.82 bits per heavy atom. The molecular weight excluding hydrogens is 372 g/mol. The van der Waals surface area contributed by atoms with Crippen LogP contribution < -0.4 is 5.32 Å². The number of nitrogens with one attached hydrogen (secondary N) is 1. The lowest BCUT2D eigenvalue weighted by Crippen LogP contribution is -2.12. The molecule has 3 heterocycles. The van der Waals surface area contributed by atoms with Crippen LogP contribution in [0.1, 0.15) is 16.1 Å². The topological polar surface area (TPSA) is 80.9 Å². The fourth-order valence-corrected chi connectivity index (χ4v) is 3.35. The molecule has 6 nitrogen and oxygen atoms in total. The second-order valence-corrected chi connectivity index (χ2v) is 6.92. The molecule has 0 aliphatic heterocycles. The number of nitrogens with zero attached hydrogens (tertiary/aromatic N) is 3. The summed E-state index contributed by atoms with van der Waals surface area (Å²) < 4.78 is 5.26. The van der Waals surface area contributed by atoms with Crippen LogP contribution >= 0.6 is 11.8 Å². The molecule has 1 N–H and O–H groups in total. The lowest BCUT2D eigenvalue weighted by molar-refractivity contribution is 0.101. The van der Waals surface area contributed by atoms with Gasteiger partial charge in [-0.15, -0.1) is 11.8 Å². The summed E-state index contributed by atoms with van der Waals surface area (Å²) in [4.78, 5) is 20.8. The summed E-state index contributed by atoms with van der Waals surface area (Å²) in [7, 11) is 0. The number of pyridine rings is 2. The number of hydrogen-bond acceptors (Lipinski definition) is 6. The summed E-state index contributed by atoms with van der Waals surface area (Å²) in [6, 6.07) is 18.8. The summed E-state index contributed by atoms with van der Waals surface area (Å²) in [6.07, 6.45) is 5.11. The van der Waals surface area contributed by atoms with Gasteiger partial charge in [0.2, 0.25) is 0 Å². The van der Waals surface area contributed by atoms with Gasteiger partial charge in [0.15, 0.2) is 11.5 Å². The van der Waals surface area contributed by atoms with Crippen molar-refractivity contribution in [2.45, 2.75) is 10.8 Å². The highest BCUT2D eigenvalue weighted by atomic mass is 32.2. The third-order valence-corrected chi connectivity index (χ3v) is 4.91. The number of aromatic nitrogens is 3. The second kappa shape index (κ2) is 8.49. The van der Waals surface area contributed by atoms with E-state index >= 15 is 0 Å². The molecule has 0 aliphatic carbocycles. The van der Waals surface area contributed by atoms with Crippen molar-refractivity contribution in [3.05, 3.63) is 90.5 Å². The van der Waals surface area contributed by atoms with E-state index in [0.717, 1.165) is 21.9 Å². The number of anilines is 1. The van der Waals surface area contributed by atoms with Crippen molar-refractivity contribution in [2.75, 3.05) is 5.32 Å². The standard InChI is InChI=1S/C21H16N4O2S/c26-21(18-12-19(27-25-18)16-6-4-9-22-13-16)24-17-7-3-5-15(11-17)14-28-20-8-1-2-10-23-20/h1-13H,14H2,(H,24,26). The maximum Gasteiger partial charge on any atom is 0.277 e. The zero-order chi connectivity index (χ0) is 19.2. The maximum absolute atomic E-state index is 12.5. The van der Waals surface area contributed by atoms with Gasteiger partial charge in [-0.05, 0) is 42.0 Å². The molecule has 7 heteroatoms. The van der Waals surface area contributed by atoms with Crippen molar-refractivity contribution in [1.29, 1.82) is 0 Å². The molecule has 4 aromatic rings. The van der Waals surface area contributed by atoms with Gasteiger partial charge >= 0.3 is 0 Å². The number of benzene rings is 1. The Hall–Kier alpha value is -3.45. The molecule has 0 bridgehead atoms. The monoisotopic (exact) mass is 388 g/mol. The lowest BCUT2D eigenvalue weighted by atomic mass is 10.2. The molecule has 4 rings (SSSR count). The minimum absolute atomic E-state index is 0.215. The Morgan fingerprint density at radius 1 is 1.04 bits per heavy atom. The summed E-state index contributed by atoms with van der Waals surface area (Å²) >= 11 is 1.64. The number of rotatable bonds is 6. The predicted molar refractivity (Wildman–Crippen MR) is 108 cm³/mol. The van der Waals surface area contributed by atoms with Crippen molar-refractivity contribution in [3.63, 3.8) is 0 Å². The van der Waals surface area contributed by atoms with E-state index in [1.807, 2.05) is 48.5 Å². The predicted octanol–water partition coefficient (Wildman–Crippen LogP) is 4.68. The first kappa shape index (κ1) is 17.9. The Bertz CT molecular complexity index is 1070. The second-order valence-electron chi connectivity index (χ2n) is 5.93. The molecule has 3 aromatic heterocycles. The minimum Gasteiger partial charge on any atom is -0.355 e. The largest absolute Gasteiger partial charge is 0.355 e. The van der Waals surface area contributed by atoms with Gasteiger partial charge in [-0.25, -0.2) is 4.98 Å². The highest BCUT2D eigenvalue weighted by Gasteiger charge is 2.14. The molecule has 0 spiro atoms. The Kier molecular flexibility index (Phi) is 5.44. The first-order valence-corrected chi connectivity index (χ1v) is 9.58. The number of carbonyl (C=O) groups is 1. The smallest absolute Gasteiger partial charge is 0.277 e. The minimum atomic E-state index is -0.326. The molecule has 0 fully saturated rings. The van der Waals surface area contributed by atoms with Crippen molar-refractivity contribution in [1.82, 2.24) is 15.1 Å². The van der Waals surface area contributed by atoms with Gasteiger partial charge in [-0.1, -0.05) is 23.4 Å². The van der Waals surface area contributed by atoms with Crippen LogP contribution in [0.3, 0.4) is 0 Å². The van der Waals surface area contributed by atoms with Gasteiger partial charge in [0, 0.05) is 41.7 Å². The van der Waals surface area contributed by atoms with Crippen molar-refractivity contribution >= 4 is 23.4 Å². The first-order valence-electron chi connectivity index (χ1n) is 8.59. The molecule has 0 radical (unpaired) electrons. The quantitative estimate of drug-likeness (QED) is 0.483. The van der Waals surface area contributed by atoms with Gasteiger partial charge in [0.05, 0.1) is 5.03 Å². The van der Waals surface area contributed by atoms with Crippen LogP contribution in [-0.2, 0) is 5.75 Å². The molecule has 0 saturated heterocycles. The SMILES string of the molecule is O=C(Nc1cccc(CSc2ccccn2)c1)c1cc(-c2cccnc2)on1. The maximum atomic E-state index is 12.5. The Balaban J connectivity index is 1.41. The zero-order valence-electron chi connectivity index (χ0n) is 14.8. The fraction of sp³-hybridized carbons (Fsp3) is 0.0476. The van der Waals surface area contributed by atoms with Crippen LogP contribution in [-0.4, -0.2) is 21.0 Å². The molecule has 0 atom stereocenters. The normalized spacial score (nSPS) is 10.6. The van der Waals surface area contributed by atoms with Gasteiger partial charge in [0.1, 0.15) is 0 Å². The van der Waals surface area contributed by atoms with Crippen LogP contribution in [0.5, 0.6) is 0 Å². The van der Waals surface area contributed by atoms with Gasteiger partial charge in [-0.3, -0.25) is 9.78 Å². The van der Waals surface area contributed by atoms with E-state index < -0.39 is 0 Å². The van der Waals surface area contributed by atoms with Crippen LogP contribution in [0.2, 0.25) is 0 Å². The van der Waals surface area contributed by atoms with Crippen LogP contribution in [0.15, 0.2) is 88.8 Å². The average molecular weight is 388 g/mol. The molecule has 138 valence electrons. The van der Waals surface area contributed by atoms with Crippen LogP contribution in [0.4, 0.5) is 5.69 Å². The van der Waals surface area contributed by atoms with E-state index in [1.54, 1.807) is 42.5 Å². The molecule has 1 aromatic carbocycles. The van der Waals surface area contributed by atoms with E-state index in [1.165, 1.54) is 0 Å². The van der Waals surface area contributed by atoms with Gasteiger partial charge < -0.3 is 9.84 Å². The summed E-state index contributed by atoms with van der Waals surface area (Å²) in [5.41, 5.74) is 2.77. The molecule has 0 saturated carbocycles. The first-order chi connectivity index (χ1) is 13.8. The van der Waals surface area contributed by atoms with Crippen molar-refractivity contribution in [2.24, 2.45) is 0 Å². The molecule has 1 amide bonds. The zero-order valence-corrected chi connectivity index (χ0v) is 15.6. The van der Waals surface area contributed by atoms with Crippen molar-refractivity contribution < 1.29 is 9.32 Å². The third kappa shape index (κ3) is 4.44. The summed E-state index contributed by atoms with van der Waals surface area (Å²) in [5, 5.41) is 7.68. The van der Waals surface area contributed by atoms with Gasteiger partial charge in [0.25, 0.3) is 5.91 Å². The van der Waals surface area contributed by atoms with Crippen LogP contribution in [0, 0.1) is 0 Å². The number of carbonyl (C=O) groups excluding carboxylic acids is 1. The summed E-state index contributed by atoms with van der Waals surface area (Å²) in [6.45, 7) is 0. The van der Waals surface area contributed by atoms with E-state index in [4.69, 9.17) is 4.52 Å². The van der Waals surface area contributed by atoms with E-state index in [0.29, 0.717) is 11.4 Å². The molecule has 0 aliphatic rings. The summed E-state index contributed by atoms with van der Waals surface area (Å²) in [5.74, 6) is 0.933. The Labute approximate surface area is 166 Å². The van der Waals surface area contributed by atoms with Crippen molar-refractivity contribution in [3.8, 4) is 11.3 Å². The lowest BCUT2D eigenvalue weighted by Gasteiger charge is -2.06. The highest BCUT2D eigenvalue weighted by molar-refractivity contribution is 7.98. The molecular formula is C21H16N4O2S. The number of amides is 1. The molecule has 28 heavy (non-hydrogen) atoms. The van der Waals surface area contributed by atoms with Crippen LogP contribution in [0.25, 0.3) is 11.3 Å². The van der Waals surface area contributed by atoms with Gasteiger partial charge in [-0.2, -0.15) is 0 Å². The fourth-order valence-electron chi connectivity index (χ4n) is 2.55. The number of thioether (sulfide) groups is 1. The van der Waals surface area contributed by atoms with E-state index in [-0.39, 0.29) is 11.6 Å². The van der Waals surface area contributed by atoms with E-state index in [9.17, 15) is 4.79 Å². The Morgan fingerprint density at radius 2 is 2.00 bits per heavy atom. The average Bonchev–Trinajstić information content (AvgIpc) is 3.25. The molecule has 0 unspecified atom stereocenters. The number of hydrogen-bond donors (Lipinski definition) is 1. The van der Waals surface area contributed by atoms with E-state index in [2.05, 4.69) is 20.4 Å². The third-order valence-electron chi connectivity index (χ3n) is 3.90.